The first-order valence-electron chi connectivity index (χ1n) is 7.80. The van der Waals surface area contributed by atoms with Gasteiger partial charge in [-0.25, -0.2) is 13.8 Å². The Kier molecular flexibility index (Phi) is 3.76. The number of hydrogen-bond acceptors (Lipinski definition) is 2. The molecule has 0 saturated heterocycles. The number of nitrogens with zero attached hydrogens (tertiary/aromatic N) is 3. The summed E-state index contributed by atoms with van der Waals surface area (Å²) < 4.78 is 67.6. The molecular weight excluding hydrogens is 367 g/mol. The monoisotopic (exact) mass is 378 g/mol. The van der Waals surface area contributed by atoms with Crippen LogP contribution in [0, 0.1) is 11.6 Å². The zero-order chi connectivity index (χ0) is 19.3. The molecule has 0 unspecified atom stereocenters. The summed E-state index contributed by atoms with van der Waals surface area (Å²) >= 11 is 0. The molecule has 0 aliphatic rings. The molecule has 4 nitrogen and oxygen atoms in total. The molecule has 0 atom stereocenters. The van der Waals surface area contributed by atoms with E-state index in [1.807, 2.05) is 0 Å². The number of hydrogen-bond donors (Lipinski definition) is 1. The van der Waals surface area contributed by atoms with Gasteiger partial charge in [-0.2, -0.15) is 18.3 Å². The average molecular weight is 378 g/mol. The maximum atomic E-state index is 14.0. The summed E-state index contributed by atoms with van der Waals surface area (Å²) in [5.74, 6) is -1.47. The van der Waals surface area contributed by atoms with Crippen molar-refractivity contribution in [2.45, 2.75) is 6.18 Å². The lowest BCUT2D eigenvalue weighted by Gasteiger charge is -2.01. The largest absolute Gasteiger partial charge is 0.435 e. The Morgan fingerprint density at radius 1 is 1.00 bits per heavy atom. The van der Waals surface area contributed by atoms with Crippen molar-refractivity contribution in [3.05, 3.63) is 59.8 Å². The first-order chi connectivity index (χ1) is 12.7. The third-order valence-electron chi connectivity index (χ3n) is 4.14. The third-order valence-corrected chi connectivity index (χ3v) is 4.14. The highest BCUT2D eigenvalue weighted by Crippen LogP contribution is 2.32. The van der Waals surface area contributed by atoms with E-state index in [0.717, 1.165) is 22.9 Å². The number of H-pyrrole nitrogens is 1. The molecule has 0 saturated carbocycles. The topological polar surface area (TPSA) is 46.5 Å². The molecule has 1 aromatic carbocycles. The number of benzene rings is 1. The van der Waals surface area contributed by atoms with E-state index in [1.165, 1.54) is 25.2 Å². The molecule has 0 radical (unpaired) electrons. The Morgan fingerprint density at radius 3 is 2.33 bits per heavy atom. The molecule has 138 valence electrons. The van der Waals surface area contributed by atoms with Crippen LogP contribution in [-0.4, -0.2) is 19.7 Å². The maximum Gasteiger partial charge on any atom is 0.435 e. The fraction of sp³-hybridized carbons (Fsp3) is 0.111. The van der Waals surface area contributed by atoms with Gasteiger partial charge in [-0.15, -0.1) is 0 Å². The van der Waals surface area contributed by atoms with E-state index in [1.54, 1.807) is 6.07 Å². The predicted octanol–water partition coefficient (Wildman–Crippen LogP) is 4.93. The zero-order valence-corrected chi connectivity index (χ0v) is 13.8. The zero-order valence-electron chi connectivity index (χ0n) is 13.8. The molecule has 0 bridgehead atoms. The third kappa shape index (κ3) is 2.94. The standard InChI is InChI=1S/C18H11F5N4/c1-27-15(8-16(26-27)18(21,22)23)12-6-5-11-13(25-12)7-14(24-11)17-9(19)3-2-4-10(17)20/h2-8,24H,1H3. The molecule has 3 heterocycles. The molecule has 4 aromatic rings. The second kappa shape index (κ2) is 5.90. The number of fused-ring (bicyclic) bond motifs is 1. The Morgan fingerprint density at radius 2 is 1.70 bits per heavy atom. The quantitative estimate of drug-likeness (QED) is 0.503. The number of rotatable bonds is 2. The average Bonchev–Trinajstić information content (AvgIpc) is 3.17. The molecular formula is C18H11F5N4. The number of nitrogens with one attached hydrogen (secondary N) is 1. The lowest BCUT2D eigenvalue weighted by Crippen LogP contribution is -2.06. The highest BCUT2D eigenvalue weighted by Gasteiger charge is 2.34. The minimum atomic E-state index is -4.57. The molecule has 1 N–H and O–H groups in total. The van der Waals surface area contributed by atoms with Crippen LogP contribution in [0.25, 0.3) is 33.7 Å². The maximum absolute atomic E-state index is 14.0. The van der Waals surface area contributed by atoms with Gasteiger partial charge in [0.2, 0.25) is 0 Å². The van der Waals surface area contributed by atoms with Gasteiger partial charge in [0.25, 0.3) is 0 Å². The number of pyridine rings is 1. The van der Waals surface area contributed by atoms with E-state index in [2.05, 4.69) is 15.1 Å². The van der Waals surface area contributed by atoms with Crippen molar-refractivity contribution in [3.63, 3.8) is 0 Å². The summed E-state index contributed by atoms with van der Waals surface area (Å²) in [7, 11) is 1.38. The summed E-state index contributed by atoms with van der Waals surface area (Å²) in [5, 5.41) is 3.46. The molecule has 27 heavy (non-hydrogen) atoms. The number of aromatic nitrogens is 4. The summed E-state index contributed by atoms with van der Waals surface area (Å²) in [6.07, 6.45) is -4.57. The summed E-state index contributed by atoms with van der Waals surface area (Å²) in [6.45, 7) is 0. The van der Waals surface area contributed by atoms with Crippen LogP contribution in [0.3, 0.4) is 0 Å². The number of aromatic amines is 1. The first-order valence-corrected chi connectivity index (χ1v) is 7.80. The van der Waals surface area contributed by atoms with Crippen molar-refractivity contribution in [2.75, 3.05) is 0 Å². The van der Waals surface area contributed by atoms with E-state index in [0.29, 0.717) is 11.0 Å². The molecule has 0 aliphatic heterocycles. The van der Waals surface area contributed by atoms with Crippen molar-refractivity contribution in [1.29, 1.82) is 0 Å². The summed E-state index contributed by atoms with van der Waals surface area (Å²) in [4.78, 5) is 7.17. The van der Waals surface area contributed by atoms with Crippen LogP contribution in [0.5, 0.6) is 0 Å². The van der Waals surface area contributed by atoms with Crippen LogP contribution in [0.4, 0.5) is 22.0 Å². The van der Waals surface area contributed by atoms with Gasteiger partial charge in [-0.05, 0) is 36.4 Å². The fourth-order valence-corrected chi connectivity index (χ4v) is 2.89. The van der Waals surface area contributed by atoms with Crippen LogP contribution in [0.2, 0.25) is 0 Å². The molecule has 4 rings (SSSR count). The van der Waals surface area contributed by atoms with Crippen LogP contribution in [0.1, 0.15) is 5.69 Å². The van der Waals surface area contributed by atoms with E-state index in [4.69, 9.17) is 0 Å². The Labute approximate surface area is 149 Å². The van der Waals surface area contributed by atoms with Gasteiger partial charge in [0, 0.05) is 7.05 Å². The smallest absolute Gasteiger partial charge is 0.353 e. The molecule has 0 amide bonds. The molecule has 0 spiro atoms. The molecule has 0 aliphatic carbocycles. The Hall–Kier alpha value is -3.23. The van der Waals surface area contributed by atoms with Crippen LogP contribution in [0.15, 0.2) is 42.5 Å². The predicted molar refractivity (Wildman–Crippen MR) is 88.6 cm³/mol. The van der Waals surface area contributed by atoms with Crippen molar-refractivity contribution >= 4 is 11.0 Å². The van der Waals surface area contributed by atoms with Crippen molar-refractivity contribution < 1.29 is 22.0 Å². The normalized spacial score (nSPS) is 12.1. The minimum absolute atomic E-state index is 0.170. The number of alkyl halides is 3. The van der Waals surface area contributed by atoms with Gasteiger partial charge in [0.05, 0.1) is 33.7 Å². The highest BCUT2D eigenvalue weighted by atomic mass is 19.4. The van der Waals surface area contributed by atoms with Gasteiger partial charge in [-0.3, -0.25) is 4.68 Å². The van der Waals surface area contributed by atoms with Crippen molar-refractivity contribution in [2.24, 2.45) is 7.05 Å². The van der Waals surface area contributed by atoms with Crippen LogP contribution >= 0.6 is 0 Å². The van der Waals surface area contributed by atoms with Crippen LogP contribution < -0.4 is 0 Å². The SMILES string of the molecule is Cn1nc(C(F)(F)F)cc1-c1ccc2[nH]c(-c3c(F)cccc3F)cc2n1. The van der Waals surface area contributed by atoms with E-state index in [9.17, 15) is 22.0 Å². The molecule has 9 heteroatoms. The molecule has 3 aromatic heterocycles. The fourth-order valence-electron chi connectivity index (χ4n) is 2.89. The highest BCUT2D eigenvalue weighted by molar-refractivity contribution is 5.84. The van der Waals surface area contributed by atoms with Crippen molar-refractivity contribution in [1.82, 2.24) is 19.7 Å². The minimum Gasteiger partial charge on any atom is -0.353 e. The van der Waals surface area contributed by atoms with Gasteiger partial charge in [0.1, 0.15) is 11.6 Å². The first kappa shape index (κ1) is 17.2. The second-order valence-electron chi connectivity index (χ2n) is 5.95. The number of halogens is 5. The van der Waals surface area contributed by atoms with Crippen molar-refractivity contribution in [3.8, 4) is 22.6 Å². The Balaban J connectivity index is 1.82. The van der Waals surface area contributed by atoms with E-state index < -0.39 is 23.5 Å². The molecule has 0 fully saturated rings. The van der Waals surface area contributed by atoms with Gasteiger partial charge < -0.3 is 4.98 Å². The lowest BCUT2D eigenvalue weighted by molar-refractivity contribution is -0.141. The van der Waals surface area contributed by atoms with Crippen LogP contribution in [-0.2, 0) is 13.2 Å². The van der Waals surface area contributed by atoms with Gasteiger partial charge in [0.15, 0.2) is 5.69 Å². The summed E-state index contributed by atoms with van der Waals surface area (Å²) in [6, 6.07) is 8.97. The van der Waals surface area contributed by atoms with E-state index in [-0.39, 0.29) is 22.6 Å². The van der Waals surface area contributed by atoms with Gasteiger partial charge in [-0.1, -0.05) is 6.07 Å². The number of aryl methyl sites for hydroxylation is 1. The second-order valence-corrected chi connectivity index (χ2v) is 5.95. The van der Waals surface area contributed by atoms with Gasteiger partial charge >= 0.3 is 6.18 Å². The summed E-state index contributed by atoms with van der Waals surface area (Å²) in [5.41, 5.74) is 0.222. The van der Waals surface area contributed by atoms with E-state index >= 15 is 0 Å². The lowest BCUT2D eigenvalue weighted by atomic mass is 10.1. The Bertz CT molecular complexity index is 1140.